The molecule has 6 amide bonds. The summed E-state index contributed by atoms with van der Waals surface area (Å²) < 4.78 is 0. The van der Waals surface area contributed by atoms with Crippen molar-refractivity contribution in [3.8, 4) is 0 Å². The molecule has 0 aromatic heterocycles. The second-order valence-corrected chi connectivity index (χ2v) is 19.2. The fourth-order valence-electron chi connectivity index (χ4n) is 9.12. The summed E-state index contributed by atoms with van der Waals surface area (Å²) in [4.78, 5) is 91.1. The summed E-state index contributed by atoms with van der Waals surface area (Å²) in [5.74, 6) is -4.37. The van der Waals surface area contributed by atoms with E-state index in [1.165, 1.54) is 6.92 Å². The van der Waals surface area contributed by atoms with Crippen LogP contribution in [-0.4, -0.2) is 87.9 Å². The van der Waals surface area contributed by atoms with Crippen LogP contribution < -0.4 is 38.1 Å². The molecule has 0 spiro atoms. The molecule has 6 atom stereocenters. The zero-order valence-electron chi connectivity index (χ0n) is 41.6. The van der Waals surface area contributed by atoms with Crippen LogP contribution in [0.4, 0.5) is 5.69 Å². The number of nitrogens with two attached hydrogens (primary N) is 2. The van der Waals surface area contributed by atoms with Crippen LogP contribution in [0.1, 0.15) is 146 Å². The first-order valence-electron chi connectivity index (χ1n) is 25.8. The Hall–Kier alpha value is -6.29. The van der Waals surface area contributed by atoms with Crippen LogP contribution in [0.25, 0.3) is 0 Å². The monoisotopic (exact) mass is 982 g/mol. The maximum Gasteiger partial charge on any atom is 0.326 e. The van der Waals surface area contributed by atoms with E-state index in [1.54, 1.807) is 36.4 Å². The maximum atomic E-state index is 13.7. The predicted octanol–water partition coefficient (Wildman–Crippen LogP) is 5.71. The number of primary amides is 1. The minimum atomic E-state index is -1.26. The highest BCUT2D eigenvalue weighted by Gasteiger charge is 2.36. The van der Waals surface area contributed by atoms with E-state index in [2.05, 4.69) is 26.6 Å². The van der Waals surface area contributed by atoms with Gasteiger partial charge in [-0.1, -0.05) is 156 Å². The quantitative estimate of drug-likeness (QED) is 0.0265. The zero-order chi connectivity index (χ0) is 51.4. The Bertz CT molecular complexity index is 2100. The molecule has 1 aliphatic rings. The van der Waals surface area contributed by atoms with Crippen molar-refractivity contribution in [3.63, 3.8) is 0 Å². The number of aliphatic carboxylic acids is 1. The number of carboxylic acid groups (broad SMARTS) is 1. The summed E-state index contributed by atoms with van der Waals surface area (Å²) in [5.41, 5.74) is 14.5. The molecule has 0 bridgehead atoms. The number of amides is 6. The number of carbonyl (C=O) groups is 7. The molecular formula is C55H79N7O9. The fraction of sp³-hybridized carbons (Fsp3) is 0.545. The number of rotatable bonds is 33. The van der Waals surface area contributed by atoms with Crippen molar-refractivity contribution < 1.29 is 43.8 Å². The van der Waals surface area contributed by atoms with Crippen molar-refractivity contribution >= 4 is 47.1 Å². The van der Waals surface area contributed by atoms with Crippen molar-refractivity contribution in [3.05, 3.63) is 102 Å². The van der Waals surface area contributed by atoms with Crippen LogP contribution in [0.3, 0.4) is 0 Å². The number of aliphatic hydroxyl groups excluding tert-OH is 1. The van der Waals surface area contributed by atoms with Crippen molar-refractivity contribution in [2.45, 2.75) is 184 Å². The van der Waals surface area contributed by atoms with Gasteiger partial charge in [0.15, 0.2) is 0 Å². The van der Waals surface area contributed by atoms with E-state index in [0.29, 0.717) is 31.4 Å². The first kappa shape index (κ1) is 57.3. The highest BCUT2D eigenvalue weighted by molar-refractivity contribution is 5.94. The van der Waals surface area contributed by atoms with Crippen molar-refractivity contribution in [2.24, 2.45) is 11.7 Å². The van der Waals surface area contributed by atoms with E-state index >= 15 is 0 Å². The van der Waals surface area contributed by atoms with Gasteiger partial charge in [0.25, 0.3) is 0 Å². The molecule has 1 aliphatic carbocycles. The van der Waals surface area contributed by atoms with Gasteiger partial charge in [-0.15, -0.1) is 0 Å². The van der Waals surface area contributed by atoms with Crippen LogP contribution >= 0.6 is 0 Å². The lowest BCUT2D eigenvalue weighted by molar-refractivity contribution is -0.142. The Morgan fingerprint density at radius 2 is 0.958 bits per heavy atom. The van der Waals surface area contributed by atoms with Gasteiger partial charge in [0.1, 0.15) is 30.2 Å². The molecule has 4 rings (SSSR count). The summed E-state index contributed by atoms with van der Waals surface area (Å²) in [6.07, 6.45) is 15.5. The molecule has 3 aromatic carbocycles. The summed E-state index contributed by atoms with van der Waals surface area (Å²) in [6.45, 7) is 1.42. The van der Waals surface area contributed by atoms with Crippen molar-refractivity contribution in [2.75, 3.05) is 5.73 Å². The third-order valence-corrected chi connectivity index (χ3v) is 13.3. The number of hydrogen-bond donors (Lipinski definition) is 9. The van der Waals surface area contributed by atoms with Gasteiger partial charge < -0.3 is 48.3 Å². The highest BCUT2D eigenvalue weighted by Crippen LogP contribution is 2.27. The zero-order valence-corrected chi connectivity index (χ0v) is 41.6. The largest absolute Gasteiger partial charge is 0.480 e. The average Bonchev–Trinajstić information content (AvgIpc) is 3.35. The molecule has 0 aliphatic heterocycles. The molecule has 16 heteroatoms. The molecule has 0 radical (unpaired) electrons. The Morgan fingerprint density at radius 3 is 1.44 bits per heavy atom. The molecule has 3 aromatic rings. The average molecular weight is 982 g/mol. The van der Waals surface area contributed by atoms with Crippen molar-refractivity contribution in [1.29, 1.82) is 0 Å². The summed E-state index contributed by atoms with van der Waals surface area (Å²) in [7, 11) is 0. The van der Waals surface area contributed by atoms with Gasteiger partial charge in [-0.2, -0.15) is 0 Å². The smallest absolute Gasteiger partial charge is 0.326 e. The summed E-state index contributed by atoms with van der Waals surface area (Å²) >= 11 is 0. The van der Waals surface area contributed by atoms with E-state index in [9.17, 15) is 43.8 Å². The van der Waals surface area contributed by atoms with Crippen LogP contribution in [0.2, 0.25) is 0 Å². The second kappa shape index (κ2) is 31.8. The summed E-state index contributed by atoms with van der Waals surface area (Å²) in [5, 5.41) is 34.1. The lowest BCUT2D eigenvalue weighted by atomic mass is 9.83. The van der Waals surface area contributed by atoms with E-state index < -0.39 is 65.9 Å². The number of carbonyl (C=O) groups excluding carboxylic acids is 6. The molecule has 0 saturated heterocycles. The van der Waals surface area contributed by atoms with Gasteiger partial charge in [0, 0.05) is 37.8 Å². The molecule has 1 fully saturated rings. The number of carboxylic acids is 1. The number of nitrogen functional groups attached to an aromatic ring is 1. The fourth-order valence-corrected chi connectivity index (χ4v) is 9.12. The van der Waals surface area contributed by atoms with Gasteiger partial charge >= 0.3 is 5.97 Å². The van der Waals surface area contributed by atoms with E-state index in [0.717, 1.165) is 100 Å². The number of anilines is 1. The Morgan fingerprint density at radius 1 is 0.521 bits per heavy atom. The summed E-state index contributed by atoms with van der Waals surface area (Å²) in [6, 6.07) is 19.9. The highest BCUT2D eigenvalue weighted by atomic mass is 16.4. The maximum absolute atomic E-state index is 13.7. The molecule has 1 unspecified atom stereocenters. The molecule has 16 nitrogen and oxygen atoms in total. The molecule has 388 valence electrons. The first-order chi connectivity index (χ1) is 34.2. The Balaban J connectivity index is 1.08. The lowest BCUT2D eigenvalue weighted by Crippen LogP contribution is -2.60. The first-order valence-corrected chi connectivity index (χ1v) is 25.8. The van der Waals surface area contributed by atoms with Gasteiger partial charge in [0.05, 0.1) is 6.10 Å². The lowest BCUT2D eigenvalue weighted by Gasteiger charge is -2.32. The minimum Gasteiger partial charge on any atom is -0.480 e. The van der Waals surface area contributed by atoms with Gasteiger partial charge in [-0.05, 0) is 67.3 Å². The van der Waals surface area contributed by atoms with Crippen molar-refractivity contribution in [1.82, 2.24) is 26.6 Å². The SMILES string of the molecule is CC(O)[C@H](NC(=O)CCCCCCCCCCCCCCC(=O)N[C@@H](Cc1ccc(N)cc1)C(=O)N[C@@H](Cc1ccccc1)C(=O)O)C(=O)N[C@H](C(=O)N[C@@H](Cc1ccccc1)C(N)=O)C1CCCCC1. The minimum absolute atomic E-state index is 0.110. The van der Waals surface area contributed by atoms with Gasteiger partial charge in [-0.3, -0.25) is 28.8 Å². The van der Waals surface area contributed by atoms with Gasteiger partial charge in [0.2, 0.25) is 35.4 Å². The third-order valence-electron chi connectivity index (χ3n) is 13.3. The predicted molar refractivity (Wildman–Crippen MR) is 274 cm³/mol. The number of hydrogen-bond acceptors (Lipinski definition) is 9. The number of unbranched alkanes of at least 4 members (excludes halogenated alkanes) is 11. The van der Waals surface area contributed by atoms with E-state index in [4.69, 9.17) is 11.5 Å². The molecule has 11 N–H and O–H groups in total. The van der Waals surface area contributed by atoms with Crippen LogP contribution in [0.5, 0.6) is 0 Å². The molecule has 71 heavy (non-hydrogen) atoms. The van der Waals surface area contributed by atoms with E-state index in [-0.39, 0.29) is 49.8 Å². The topological polar surface area (TPSA) is 272 Å². The third kappa shape index (κ3) is 22.1. The number of aliphatic hydroxyl groups is 1. The standard InChI is InChI=1S/C55H79N7O9/c1-38(63)49(53(68)62-50(42-27-19-14-20-28-42)54(69)59-44(51(57)66)35-39-23-15-12-16-24-39)61-48(65)30-22-11-9-7-5-3-2-4-6-8-10-21-29-47(64)58-45(36-41-31-33-43(56)34-32-41)52(67)60-46(55(70)71)37-40-25-17-13-18-26-40/h12-13,15-18,23-26,31-34,38,42,44-46,49-50,63H,2-11,14,19-22,27-30,35-37,56H2,1H3,(H2,57,66)(H,58,64)(H,59,69)(H,60,67)(H,61,65)(H,62,68)(H,70,71)/t38?,44-,45-,46-,49-,50-/m0/s1. The number of benzene rings is 3. The normalized spacial score (nSPS) is 15.2. The molecule has 1 saturated carbocycles. The van der Waals surface area contributed by atoms with E-state index in [1.807, 2.05) is 48.5 Å². The number of nitrogens with one attached hydrogen (secondary N) is 5. The van der Waals surface area contributed by atoms with Crippen LogP contribution in [0, 0.1) is 5.92 Å². The Labute approximate surface area is 419 Å². The molecule has 0 heterocycles. The van der Waals surface area contributed by atoms with Crippen LogP contribution in [0.15, 0.2) is 84.9 Å². The van der Waals surface area contributed by atoms with Gasteiger partial charge in [-0.25, -0.2) is 4.79 Å². The molecular weight excluding hydrogens is 903 g/mol. The second-order valence-electron chi connectivity index (χ2n) is 19.2. The Kier molecular flexibility index (Phi) is 25.7. The van der Waals surface area contributed by atoms with Crippen LogP contribution in [-0.2, 0) is 52.8 Å².